The first-order valence-corrected chi connectivity index (χ1v) is 10.0. The number of carbonyl (C=O) groups is 2. The molecule has 0 unspecified atom stereocenters. The van der Waals surface area contributed by atoms with Gasteiger partial charge in [0.15, 0.2) is 22.5 Å². The van der Waals surface area contributed by atoms with E-state index < -0.39 is 17.4 Å². The second-order valence-electron chi connectivity index (χ2n) is 5.51. The Kier molecular flexibility index (Phi) is 6.87. The van der Waals surface area contributed by atoms with Gasteiger partial charge in [0.25, 0.3) is 5.91 Å². The normalized spacial score (nSPS) is 10.3. The van der Waals surface area contributed by atoms with Gasteiger partial charge in [0, 0.05) is 11.6 Å². The first-order valence-electron chi connectivity index (χ1n) is 8.23. The Bertz CT molecular complexity index is 1030. The fraction of sp³-hybridized carbons (Fsp3) is 0.111. The number of nitrogens with zero attached hydrogens (tertiary/aromatic N) is 3. The molecule has 0 fully saturated rings. The molecular formula is C18H14N4O5S2. The summed E-state index contributed by atoms with van der Waals surface area (Å²) in [4.78, 5) is 34.5. The molecule has 0 bridgehead atoms. The number of amides is 1. The van der Waals surface area contributed by atoms with E-state index in [4.69, 9.17) is 4.74 Å². The number of para-hydroxylation sites is 2. The van der Waals surface area contributed by atoms with Gasteiger partial charge in [0.1, 0.15) is 0 Å². The van der Waals surface area contributed by atoms with E-state index in [9.17, 15) is 19.7 Å². The SMILES string of the molecule is O=C(COc1ccccc1[N+](=O)[O-])Nc1nnc(SCC(=O)c2ccccc2)s1. The second kappa shape index (κ2) is 9.75. The lowest BCUT2D eigenvalue weighted by atomic mass is 10.2. The highest BCUT2D eigenvalue weighted by Crippen LogP contribution is 2.27. The molecule has 0 aliphatic carbocycles. The molecule has 1 amide bonds. The maximum Gasteiger partial charge on any atom is 0.310 e. The van der Waals surface area contributed by atoms with Gasteiger partial charge in [0.05, 0.1) is 10.7 Å². The van der Waals surface area contributed by atoms with Crippen molar-refractivity contribution < 1.29 is 19.2 Å². The number of thioether (sulfide) groups is 1. The van der Waals surface area contributed by atoms with Crippen LogP contribution in [0.2, 0.25) is 0 Å². The van der Waals surface area contributed by atoms with Gasteiger partial charge in [0.2, 0.25) is 5.13 Å². The third-order valence-electron chi connectivity index (χ3n) is 3.50. The average molecular weight is 430 g/mol. The van der Waals surface area contributed by atoms with Crippen molar-refractivity contribution >= 4 is 45.6 Å². The average Bonchev–Trinajstić information content (AvgIpc) is 3.18. The summed E-state index contributed by atoms with van der Waals surface area (Å²) in [6.45, 7) is -0.417. The highest BCUT2D eigenvalue weighted by Gasteiger charge is 2.16. The molecular weight excluding hydrogens is 416 g/mol. The Morgan fingerprint density at radius 3 is 2.59 bits per heavy atom. The first-order chi connectivity index (χ1) is 14.0. The van der Waals surface area contributed by atoms with Crippen molar-refractivity contribution in [1.29, 1.82) is 0 Å². The number of rotatable bonds is 9. The Morgan fingerprint density at radius 1 is 1.10 bits per heavy atom. The smallest absolute Gasteiger partial charge is 0.310 e. The summed E-state index contributed by atoms with van der Waals surface area (Å²) < 4.78 is 5.75. The molecule has 0 atom stereocenters. The first kappa shape index (κ1) is 20.4. The number of carbonyl (C=O) groups excluding carboxylic acids is 2. The largest absolute Gasteiger partial charge is 0.477 e. The maximum atomic E-state index is 12.1. The Hall–Kier alpha value is -3.31. The van der Waals surface area contributed by atoms with Gasteiger partial charge < -0.3 is 4.74 Å². The molecule has 0 saturated carbocycles. The summed E-state index contributed by atoms with van der Waals surface area (Å²) in [6, 6.07) is 14.7. The molecule has 29 heavy (non-hydrogen) atoms. The van der Waals surface area contributed by atoms with Gasteiger partial charge in [-0.1, -0.05) is 65.6 Å². The van der Waals surface area contributed by atoms with E-state index in [0.29, 0.717) is 9.90 Å². The van der Waals surface area contributed by atoms with E-state index >= 15 is 0 Å². The summed E-state index contributed by atoms with van der Waals surface area (Å²) in [5.74, 6) is -0.362. The van der Waals surface area contributed by atoms with E-state index in [1.807, 2.05) is 6.07 Å². The zero-order chi connectivity index (χ0) is 20.6. The number of anilines is 1. The van der Waals surface area contributed by atoms with Gasteiger partial charge in [-0.15, -0.1) is 10.2 Å². The van der Waals surface area contributed by atoms with E-state index in [2.05, 4.69) is 15.5 Å². The monoisotopic (exact) mass is 430 g/mol. The van der Waals surface area contributed by atoms with Gasteiger partial charge >= 0.3 is 5.69 Å². The second-order valence-corrected chi connectivity index (χ2v) is 7.71. The maximum absolute atomic E-state index is 12.1. The standard InChI is InChI=1S/C18H14N4O5S2/c23-14(12-6-2-1-3-7-12)11-28-18-21-20-17(29-18)19-16(24)10-27-15-9-5-4-8-13(15)22(25)26/h1-9H,10-11H2,(H,19,20,24). The molecule has 11 heteroatoms. The minimum absolute atomic E-state index is 0.000540. The fourth-order valence-electron chi connectivity index (χ4n) is 2.18. The molecule has 1 aromatic heterocycles. The van der Waals surface area contributed by atoms with Crippen molar-refractivity contribution in [3.63, 3.8) is 0 Å². The number of nitro benzene ring substituents is 1. The fourth-order valence-corrected chi connectivity index (χ4v) is 3.84. The molecule has 2 aromatic carbocycles. The molecule has 148 valence electrons. The van der Waals surface area contributed by atoms with Crippen molar-refractivity contribution in [3.05, 3.63) is 70.3 Å². The molecule has 3 rings (SSSR count). The van der Waals surface area contributed by atoms with E-state index in [0.717, 1.165) is 11.3 Å². The number of benzene rings is 2. The lowest BCUT2D eigenvalue weighted by Crippen LogP contribution is -2.20. The predicted octanol–water partition coefficient (Wildman–Crippen LogP) is 3.44. The van der Waals surface area contributed by atoms with Gasteiger partial charge in [-0.2, -0.15) is 0 Å². The van der Waals surface area contributed by atoms with E-state index in [-0.39, 0.29) is 28.1 Å². The molecule has 1 heterocycles. The van der Waals surface area contributed by atoms with Crippen LogP contribution in [-0.2, 0) is 4.79 Å². The number of nitrogens with one attached hydrogen (secondary N) is 1. The van der Waals surface area contributed by atoms with Crippen LogP contribution in [0.4, 0.5) is 10.8 Å². The van der Waals surface area contributed by atoms with E-state index in [1.54, 1.807) is 30.3 Å². The van der Waals surface area contributed by atoms with Crippen LogP contribution >= 0.6 is 23.1 Å². The minimum atomic E-state index is -0.585. The van der Waals surface area contributed by atoms with Crippen molar-refractivity contribution in [2.24, 2.45) is 0 Å². The van der Waals surface area contributed by atoms with Crippen molar-refractivity contribution in [1.82, 2.24) is 10.2 Å². The van der Waals surface area contributed by atoms with Crippen LogP contribution < -0.4 is 10.1 Å². The lowest BCUT2D eigenvalue weighted by Gasteiger charge is -2.05. The molecule has 0 aliphatic heterocycles. The quantitative estimate of drug-likeness (QED) is 0.180. The minimum Gasteiger partial charge on any atom is -0.477 e. The molecule has 9 nitrogen and oxygen atoms in total. The summed E-state index contributed by atoms with van der Waals surface area (Å²) in [6.07, 6.45) is 0. The number of ketones is 1. The highest BCUT2D eigenvalue weighted by molar-refractivity contribution is 8.01. The lowest BCUT2D eigenvalue weighted by molar-refractivity contribution is -0.385. The van der Waals surface area contributed by atoms with Crippen LogP contribution in [0.25, 0.3) is 0 Å². The topological polar surface area (TPSA) is 124 Å². The van der Waals surface area contributed by atoms with Crippen LogP contribution in [0.1, 0.15) is 10.4 Å². The summed E-state index contributed by atoms with van der Waals surface area (Å²) in [7, 11) is 0. The Labute approximate surface area is 173 Å². The number of Topliss-reactive ketones (excluding diaryl/α,β-unsaturated/α-hetero) is 1. The number of hydrogen-bond acceptors (Lipinski definition) is 9. The van der Waals surface area contributed by atoms with Crippen molar-refractivity contribution in [2.45, 2.75) is 4.34 Å². The van der Waals surface area contributed by atoms with Crippen LogP contribution in [0.3, 0.4) is 0 Å². The van der Waals surface area contributed by atoms with E-state index in [1.165, 1.54) is 30.0 Å². The van der Waals surface area contributed by atoms with Crippen LogP contribution in [-0.4, -0.2) is 39.2 Å². The Balaban J connectivity index is 1.49. The van der Waals surface area contributed by atoms with Gasteiger partial charge in [-0.25, -0.2) is 0 Å². The van der Waals surface area contributed by atoms with Crippen LogP contribution in [0.15, 0.2) is 58.9 Å². The van der Waals surface area contributed by atoms with Crippen LogP contribution in [0.5, 0.6) is 5.75 Å². The molecule has 0 saturated heterocycles. The summed E-state index contributed by atoms with van der Waals surface area (Å²) in [5, 5.41) is 21.5. The zero-order valence-corrected chi connectivity index (χ0v) is 16.4. The number of nitro groups is 1. The summed E-state index contributed by atoms with van der Waals surface area (Å²) >= 11 is 2.35. The summed E-state index contributed by atoms with van der Waals surface area (Å²) in [5.41, 5.74) is 0.392. The van der Waals surface area contributed by atoms with Crippen molar-refractivity contribution in [3.8, 4) is 5.75 Å². The zero-order valence-electron chi connectivity index (χ0n) is 14.8. The third kappa shape index (κ3) is 5.83. The molecule has 0 aliphatic rings. The molecule has 1 N–H and O–H groups in total. The molecule has 0 radical (unpaired) electrons. The number of hydrogen-bond donors (Lipinski definition) is 1. The molecule has 3 aromatic rings. The Morgan fingerprint density at radius 2 is 1.83 bits per heavy atom. The third-order valence-corrected chi connectivity index (χ3v) is 5.47. The molecule has 0 spiro atoms. The highest BCUT2D eigenvalue weighted by atomic mass is 32.2. The number of ether oxygens (including phenoxy) is 1. The number of aromatic nitrogens is 2. The van der Waals surface area contributed by atoms with Crippen LogP contribution in [0, 0.1) is 10.1 Å². The van der Waals surface area contributed by atoms with Crippen molar-refractivity contribution in [2.75, 3.05) is 17.7 Å². The van der Waals surface area contributed by atoms with Gasteiger partial charge in [-0.05, 0) is 6.07 Å². The van der Waals surface area contributed by atoms with Gasteiger partial charge in [-0.3, -0.25) is 25.0 Å². The predicted molar refractivity (Wildman–Crippen MR) is 109 cm³/mol.